The first-order valence-electron chi connectivity index (χ1n) is 3.83. The van der Waals surface area contributed by atoms with Crippen molar-refractivity contribution in [3.8, 4) is 11.3 Å². The van der Waals surface area contributed by atoms with Crippen molar-refractivity contribution in [3.63, 3.8) is 0 Å². The Morgan fingerprint density at radius 1 is 1.15 bits per heavy atom. The summed E-state index contributed by atoms with van der Waals surface area (Å²) in [5, 5.41) is 5.84. The molecule has 0 unspecified atom stereocenters. The van der Waals surface area contributed by atoms with Gasteiger partial charge >= 0.3 is 0 Å². The van der Waals surface area contributed by atoms with Gasteiger partial charge in [0.1, 0.15) is 4.64 Å². The minimum Gasteiger partial charge on any atom is -0.299 e. The molecule has 0 saturated carbocycles. The largest absolute Gasteiger partial charge is 0.299 e. The van der Waals surface area contributed by atoms with Gasteiger partial charge in [-0.1, -0.05) is 24.4 Å². The highest BCUT2D eigenvalue weighted by Gasteiger charge is 1.98. The molecule has 1 aromatic heterocycles. The average molecular weight is 208 g/mol. The quantitative estimate of drug-likeness (QED) is 0.488. The summed E-state index contributed by atoms with van der Waals surface area (Å²) < 4.78 is 0.708. The molecule has 66 valence electrons. The molecule has 1 heterocycles. The molecule has 0 aliphatic carbocycles. The first-order chi connectivity index (χ1) is 6.25. The number of aromatic amines is 2. The Kier molecular flexibility index (Phi) is 2.24. The van der Waals surface area contributed by atoms with Gasteiger partial charge in [-0.3, -0.25) is 10.2 Å². The van der Waals surface area contributed by atoms with E-state index in [1.807, 2.05) is 30.3 Å². The zero-order valence-corrected chi connectivity index (χ0v) is 8.45. The molecule has 4 heteroatoms. The zero-order chi connectivity index (χ0) is 9.26. The minimum absolute atomic E-state index is 0.708. The number of hydrogen-bond donors (Lipinski definition) is 3. The number of H-pyrrole nitrogens is 2. The molecule has 2 N–H and O–H groups in total. The molecule has 2 aromatic rings. The van der Waals surface area contributed by atoms with Crippen molar-refractivity contribution in [3.05, 3.63) is 35.0 Å². The second-order valence-corrected chi connectivity index (χ2v) is 3.68. The molecule has 0 aliphatic heterocycles. The lowest BCUT2D eigenvalue weighted by atomic mass is 10.2. The van der Waals surface area contributed by atoms with E-state index in [-0.39, 0.29) is 0 Å². The molecule has 0 bridgehead atoms. The van der Waals surface area contributed by atoms with Gasteiger partial charge in [0.2, 0.25) is 0 Å². The summed E-state index contributed by atoms with van der Waals surface area (Å²) in [5.74, 6) is 0. The summed E-state index contributed by atoms with van der Waals surface area (Å²) in [6.07, 6.45) is 0. The van der Waals surface area contributed by atoms with E-state index in [0.717, 1.165) is 16.2 Å². The number of thiol groups is 1. The van der Waals surface area contributed by atoms with E-state index < -0.39 is 0 Å². The third-order valence-electron chi connectivity index (χ3n) is 1.75. The third-order valence-corrected chi connectivity index (χ3v) is 2.25. The van der Waals surface area contributed by atoms with Crippen LogP contribution in [0.3, 0.4) is 0 Å². The van der Waals surface area contributed by atoms with Gasteiger partial charge in [0.25, 0.3) is 0 Å². The van der Waals surface area contributed by atoms with Crippen LogP contribution in [0.4, 0.5) is 0 Å². The van der Waals surface area contributed by atoms with Gasteiger partial charge in [-0.25, -0.2) is 0 Å². The highest BCUT2D eigenvalue weighted by atomic mass is 32.1. The summed E-state index contributed by atoms with van der Waals surface area (Å²) in [5.41, 5.74) is 2.07. The molecular formula is C9H8N2S2. The standard InChI is InChI=1S/C9H8N2S2/c12-7-3-1-2-6(4-7)8-5-9(13)11-10-8/h1-5,12H,(H2,10,11,13). The molecule has 0 atom stereocenters. The van der Waals surface area contributed by atoms with E-state index in [4.69, 9.17) is 12.2 Å². The topological polar surface area (TPSA) is 31.6 Å². The molecular weight excluding hydrogens is 200 g/mol. The Hall–Kier alpha value is -1.00. The van der Waals surface area contributed by atoms with Gasteiger partial charge in [0.15, 0.2) is 0 Å². The molecule has 0 radical (unpaired) electrons. The van der Waals surface area contributed by atoms with Crippen LogP contribution in [-0.2, 0) is 0 Å². The lowest BCUT2D eigenvalue weighted by Gasteiger charge is -1.97. The van der Waals surface area contributed by atoms with Crippen LogP contribution in [0.25, 0.3) is 11.3 Å². The van der Waals surface area contributed by atoms with E-state index in [2.05, 4.69) is 22.8 Å². The van der Waals surface area contributed by atoms with Crippen LogP contribution in [0.2, 0.25) is 0 Å². The van der Waals surface area contributed by atoms with Crippen LogP contribution in [0, 0.1) is 4.64 Å². The first-order valence-corrected chi connectivity index (χ1v) is 4.68. The minimum atomic E-state index is 0.708. The zero-order valence-electron chi connectivity index (χ0n) is 6.74. The van der Waals surface area contributed by atoms with Crippen LogP contribution < -0.4 is 0 Å². The van der Waals surface area contributed by atoms with Crippen LogP contribution in [0.5, 0.6) is 0 Å². The van der Waals surface area contributed by atoms with Gasteiger partial charge in [-0.15, -0.1) is 12.6 Å². The number of aromatic nitrogens is 2. The van der Waals surface area contributed by atoms with Crippen LogP contribution in [0.15, 0.2) is 35.2 Å². The molecule has 2 nitrogen and oxygen atoms in total. The van der Waals surface area contributed by atoms with Crippen molar-refractivity contribution in [2.45, 2.75) is 4.90 Å². The smallest absolute Gasteiger partial charge is 0.119 e. The number of nitrogens with one attached hydrogen (secondary N) is 2. The summed E-state index contributed by atoms with van der Waals surface area (Å²) in [7, 11) is 0. The van der Waals surface area contributed by atoms with Crippen molar-refractivity contribution < 1.29 is 0 Å². The maximum atomic E-state index is 4.96. The fraction of sp³-hybridized carbons (Fsp3) is 0. The summed E-state index contributed by atoms with van der Waals surface area (Å²) in [6, 6.07) is 9.78. The molecule has 1 aromatic carbocycles. The van der Waals surface area contributed by atoms with Crippen molar-refractivity contribution in [2.75, 3.05) is 0 Å². The normalized spacial score (nSPS) is 10.2. The highest BCUT2D eigenvalue weighted by Crippen LogP contribution is 2.19. The Balaban J connectivity index is 2.52. The van der Waals surface area contributed by atoms with Gasteiger partial charge < -0.3 is 0 Å². The number of rotatable bonds is 1. The van der Waals surface area contributed by atoms with Crippen molar-refractivity contribution in [1.29, 1.82) is 0 Å². The maximum Gasteiger partial charge on any atom is 0.119 e. The molecule has 0 spiro atoms. The lowest BCUT2D eigenvalue weighted by molar-refractivity contribution is 1.08. The van der Waals surface area contributed by atoms with Crippen LogP contribution in [-0.4, -0.2) is 10.2 Å². The fourth-order valence-corrected chi connectivity index (χ4v) is 1.56. The first kappa shape index (κ1) is 8.59. The van der Waals surface area contributed by atoms with E-state index in [1.165, 1.54) is 0 Å². The van der Waals surface area contributed by atoms with Gasteiger partial charge in [0.05, 0.1) is 5.69 Å². The molecule has 13 heavy (non-hydrogen) atoms. The summed E-state index contributed by atoms with van der Waals surface area (Å²) in [4.78, 5) is 0.943. The highest BCUT2D eigenvalue weighted by molar-refractivity contribution is 7.80. The van der Waals surface area contributed by atoms with E-state index in [9.17, 15) is 0 Å². The fourth-order valence-electron chi connectivity index (χ4n) is 1.16. The Bertz CT molecular complexity index is 470. The van der Waals surface area contributed by atoms with E-state index in [1.54, 1.807) is 0 Å². The number of benzene rings is 1. The van der Waals surface area contributed by atoms with Gasteiger partial charge in [0, 0.05) is 10.5 Å². The van der Waals surface area contributed by atoms with Crippen LogP contribution in [0.1, 0.15) is 0 Å². The summed E-state index contributed by atoms with van der Waals surface area (Å²) in [6.45, 7) is 0. The van der Waals surface area contributed by atoms with Crippen molar-refractivity contribution in [2.24, 2.45) is 0 Å². The van der Waals surface area contributed by atoms with Crippen LogP contribution >= 0.6 is 24.8 Å². The van der Waals surface area contributed by atoms with Gasteiger partial charge in [-0.05, 0) is 18.2 Å². The van der Waals surface area contributed by atoms with Crippen molar-refractivity contribution in [1.82, 2.24) is 10.2 Å². The Labute approximate surface area is 86.4 Å². The van der Waals surface area contributed by atoms with Crippen molar-refractivity contribution >= 4 is 24.8 Å². The summed E-state index contributed by atoms with van der Waals surface area (Å²) >= 11 is 9.22. The molecule has 0 aliphatic rings. The molecule has 0 amide bonds. The van der Waals surface area contributed by atoms with E-state index >= 15 is 0 Å². The second kappa shape index (κ2) is 3.40. The molecule has 2 rings (SSSR count). The predicted octanol–water partition coefficient (Wildman–Crippen LogP) is 3.03. The average Bonchev–Trinajstić information content (AvgIpc) is 2.52. The van der Waals surface area contributed by atoms with E-state index in [0.29, 0.717) is 4.64 Å². The second-order valence-electron chi connectivity index (χ2n) is 2.72. The Morgan fingerprint density at radius 3 is 2.62 bits per heavy atom. The monoisotopic (exact) mass is 208 g/mol. The molecule has 0 fully saturated rings. The SMILES string of the molecule is S=c1cc(-c2cccc(S)c2)[nH][nH]1. The van der Waals surface area contributed by atoms with Gasteiger partial charge in [-0.2, -0.15) is 0 Å². The predicted molar refractivity (Wildman–Crippen MR) is 58.7 cm³/mol. The number of hydrogen-bond acceptors (Lipinski definition) is 2. The Morgan fingerprint density at radius 2 is 2.00 bits per heavy atom. The maximum absolute atomic E-state index is 4.96. The lowest BCUT2D eigenvalue weighted by Crippen LogP contribution is -1.77. The third kappa shape index (κ3) is 1.84. The molecule has 0 saturated heterocycles.